The number of aliphatic imine (C=N–C) groups is 1. The van der Waals surface area contributed by atoms with Crippen LogP contribution in [0.4, 0.5) is 0 Å². The first-order valence-electron chi connectivity index (χ1n) is 5.63. The van der Waals surface area contributed by atoms with E-state index >= 15 is 0 Å². The molecule has 3 heteroatoms. The van der Waals surface area contributed by atoms with Gasteiger partial charge in [0.15, 0.2) is 0 Å². The van der Waals surface area contributed by atoms with Crippen LogP contribution in [-0.2, 0) is 4.43 Å². The molecule has 0 aromatic carbocycles. The highest BCUT2D eigenvalue weighted by molar-refractivity contribution is 6.70. The maximum Gasteiger partial charge on any atom is 0.241 e. The summed E-state index contributed by atoms with van der Waals surface area (Å²) in [7, 11) is -1.46. The van der Waals surface area contributed by atoms with Gasteiger partial charge < -0.3 is 4.43 Å². The third-order valence-corrected chi connectivity index (χ3v) is 3.02. The molecule has 2 nitrogen and oxygen atoms in total. The Kier molecular flexibility index (Phi) is 3.43. The average Bonchev–Trinajstić information content (AvgIpc) is 1.99. The molecule has 1 aliphatic heterocycles. The molecule has 0 unspecified atom stereocenters. The number of nitrogens with zero attached hydrogens (tertiary/aromatic N) is 1. The average molecular weight is 225 g/mol. The van der Waals surface area contributed by atoms with Crippen LogP contribution in [0.1, 0.15) is 27.2 Å². The van der Waals surface area contributed by atoms with Gasteiger partial charge in [-0.3, -0.25) is 4.99 Å². The lowest BCUT2D eigenvalue weighted by Crippen LogP contribution is -2.28. The summed E-state index contributed by atoms with van der Waals surface area (Å²) in [5, 5.41) is 0. The molecule has 0 fully saturated rings. The van der Waals surface area contributed by atoms with Crippen LogP contribution in [0.15, 0.2) is 16.8 Å². The summed E-state index contributed by atoms with van der Waals surface area (Å²) in [6.45, 7) is 14.1. The van der Waals surface area contributed by atoms with Crippen LogP contribution in [-0.4, -0.2) is 20.6 Å². The Balaban J connectivity index is 2.78. The van der Waals surface area contributed by atoms with Gasteiger partial charge in [-0.2, -0.15) is 0 Å². The van der Waals surface area contributed by atoms with Crippen LogP contribution in [0.5, 0.6) is 0 Å². The second-order valence-electron chi connectivity index (χ2n) is 6.09. The van der Waals surface area contributed by atoms with Crippen molar-refractivity contribution in [2.75, 3.05) is 6.54 Å². The van der Waals surface area contributed by atoms with Crippen molar-refractivity contribution in [1.29, 1.82) is 0 Å². The van der Waals surface area contributed by atoms with E-state index in [0.29, 0.717) is 0 Å². The van der Waals surface area contributed by atoms with Gasteiger partial charge in [-0.1, -0.05) is 20.8 Å². The monoisotopic (exact) mass is 225 g/mol. The van der Waals surface area contributed by atoms with Crippen molar-refractivity contribution in [2.45, 2.75) is 46.8 Å². The molecule has 0 bridgehead atoms. The molecule has 0 aliphatic carbocycles. The van der Waals surface area contributed by atoms with E-state index in [4.69, 9.17) is 4.43 Å². The van der Waals surface area contributed by atoms with Gasteiger partial charge in [-0.15, -0.1) is 0 Å². The fraction of sp³-hybridized carbons (Fsp3) is 0.750. The van der Waals surface area contributed by atoms with Crippen molar-refractivity contribution in [1.82, 2.24) is 0 Å². The topological polar surface area (TPSA) is 21.6 Å². The van der Waals surface area contributed by atoms with Crippen LogP contribution >= 0.6 is 0 Å². The van der Waals surface area contributed by atoms with Gasteiger partial charge in [0.25, 0.3) is 0 Å². The number of rotatable bonds is 2. The lowest BCUT2D eigenvalue weighted by Gasteiger charge is -2.27. The summed E-state index contributed by atoms with van der Waals surface area (Å²) in [5.74, 6) is 1.13. The Bertz CT molecular complexity index is 292. The quantitative estimate of drug-likeness (QED) is 0.658. The lowest BCUT2D eigenvalue weighted by atomic mass is 9.88. The molecule has 1 aliphatic rings. The third kappa shape index (κ3) is 4.20. The van der Waals surface area contributed by atoms with Gasteiger partial charge in [0.2, 0.25) is 8.32 Å². The Hall–Kier alpha value is -0.573. The van der Waals surface area contributed by atoms with Crippen molar-refractivity contribution in [3.63, 3.8) is 0 Å². The Labute approximate surface area is 94.6 Å². The molecule has 0 N–H and O–H groups in total. The van der Waals surface area contributed by atoms with E-state index in [2.05, 4.69) is 51.5 Å². The van der Waals surface area contributed by atoms with Crippen molar-refractivity contribution in [3.8, 4) is 0 Å². The van der Waals surface area contributed by atoms with Crippen LogP contribution in [0.25, 0.3) is 0 Å². The summed E-state index contributed by atoms with van der Waals surface area (Å²) in [6.07, 6.45) is 3.10. The molecule has 0 aromatic rings. The molecular weight excluding hydrogens is 202 g/mol. The van der Waals surface area contributed by atoms with Gasteiger partial charge in [0.05, 0.1) is 5.76 Å². The van der Waals surface area contributed by atoms with Crippen molar-refractivity contribution >= 4 is 14.0 Å². The zero-order chi connectivity index (χ0) is 11.7. The highest BCUT2D eigenvalue weighted by Crippen LogP contribution is 2.24. The third-order valence-electron chi connectivity index (χ3n) is 2.14. The van der Waals surface area contributed by atoms with Crippen molar-refractivity contribution < 1.29 is 4.43 Å². The standard InChI is InChI=1S/C12H23NOSi/c1-12(2,3)11-9-10(7-8-13-11)14-15(4,5)6/h9H,7-8H2,1-6H3. The van der Waals surface area contributed by atoms with Crippen molar-refractivity contribution in [3.05, 3.63) is 11.8 Å². The molecule has 86 valence electrons. The van der Waals surface area contributed by atoms with E-state index in [0.717, 1.165) is 18.7 Å². The molecule has 0 saturated heterocycles. The van der Waals surface area contributed by atoms with Gasteiger partial charge in [0.1, 0.15) is 0 Å². The second kappa shape index (κ2) is 4.12. The molecule has 0 atom stereocenters. The minimum Gasteiger partial charge on any atom is -0.547 e. The fourth-order valence-electron chi connectivity index (χ4n) is 1.48. The molecule has 1 heterocycles. The Morgan fingerprint density at radius 2 is 1.87 bits per heavy atom. The Morgan fingerprint density at radius 3 is 2.33 bits per heavy atom. The summed E-state index contributed by atoms with van der Waals surface area (Å²) < 4.78 is 6.02. The fourth-order valence-corrected chi connectivity index (χ4v) is 2.43. The number of hydrogen-bond acceptors (Lipinski definition) is 2. The summed E-state index contributed by atoms with van der Waals surface area (Å²) in [6, 6.07) is 0. The largest absolute Gasteiger partial charge is 0.547 e. The van der Waals surface area contributed by atoms with E-state index in [9.17, 15) is 0 Å². The van der Waals surface area contributed by atoms with Crippen LogP contribution in [0.2, 0.25) is 19.6 Å². The lowest BCUT2D eigenvalue weighted by molar-refractivity contribution is 0.398. The minimum atomic E-state index is -1.46. The van der Waals surface area contributed by atoms with Crippen LogP contribution in [0, 0.1) is 5.41 Å². The van der Waals surface area contributed by atoms with E-state index in [1.54, 1.807) is 0 Å². The molecule has 0 radical (unpaired) electrons. The predicted molar refractivity (Wildman–Crippen MR) is 68.9 cm³/mol. The molecule has 0 saturated carbocycles. The van der Waals surface area contributed by atoms with Gasteiger partial charge in [0, 0.05) is 24.1 Å². The minimum absolute atomic E-state index is 0.133. The number of allylic oxidation sites excluding steroid dienone is 1. The van der Waals surface area contributed by atoms with E-state index in [1.807, 2.05) is 0 Å². The SMILES string of the molecule is CC(C)(C)C1=NCCC(O[Si](C)(C)C)=C1. The first-order chi connectivity index (χ1) is 6.68. The maximum absolute atomic E-state index is 6.02. The summed E-state index contributed by atoms with van der Waals surface area (Å²) >= 11 is 0. The van der Waals surface area contributed by atoms with Crippen LogP contribution < -0.4 is 0 Å². The number of dihydropyridines is 1. The first-order valence-corrected chi connectivity index (χ1v) is 9.04. The van der Waals surface area contributed by atoms with Gasteiger partial charge in [-0.05, 0) is 25.7 Å². The zero-order valence-corrected chi connectivity index (χ0v) is 11.8. The van der Waals surface area contributed by atoms with E-state index in [1.165, 1.54) is 5.71 Å². The van der Waals surface area contributed by atoms with Gasteiger partial charge >= 0.3 is 0 Å². The van der Waals surface area contributed by atoms with Gasteiger partial charge in [-0.25, -0.2) is 0 Å². The summed E-state index contributed by atoms with van der Waals surface area (Å²) in [4.78, 5) is 4.56. The molecule has 0 aromatic heterocycles. The first kappa shape index (κ1) is 12.5. The predicted octanol–water partition coefficient (Wildman–Crippen LogP) is 3.61. The summed E-state index contributed by atoms with van der Waals surface area (Å²) in [5.41, 5.74) is 1.30. The Morgan fingerprint density at radius 1 is 1.27 bits per heavy atom. The maximum atomic E-state index is 6.02. The smallest absolute Gasteiger partial charge is 0.241 e. The molecule has 1 rings (SSSR count). The highest BCUT2D eigenvalue weighted by Gasteiger charge is 2.23. The van der Waals surface area contributed by atoms with Crippen LogP contribution in [0.3, 0.4) is 0 Å². The number of hydrogen-bond donors (Lipinski definition) is 0. The molecule has 0 spiro atoms. The zero-order valence-electron chi connectivity index (χ0n) is 10.8. The molecular formula is C12H23NOSi. The molecule has 0 amide bonds. The van der Waals surface area contributed by atoms with Crippen molar-refractivity contribution in [2.24, 2.45) is 10.4 Å². The second-order valence-corrected chi connectivity index (χ2v) is 10.5. The molecule has 15 heavy (non-hydrogen) atoms. The normalized spacial score (nSPS) is 18.3. The van der Waals surface area contributed by atoms with E-state index < -0.39 is 8.32 Å². The van der Waals surface area contributed by atoms with E-state index in [-0.39, 0.29) is 5.41 Å². The highest BCUT2D eigenvalue weighted by atomic mass is 28.4.